The quantitative estimate of drug-likeness (QED) is 0.869. The summed E-state index contributed by atoms with van der Waals surface area (Å²) in [5, 5.41) is 4.58. The first-order valence-corrected chi connectivity index (χ1v) is 6.82. The molecule has 0 aliphatic heterocycles. The highest BCUT2D eigenvalue weighted by Gasteiger charge is 2.10. The summed E-state index contributed by atoms with van der Waals surface area (Å²) in [5.41, 5.74) is 9.63. The van der Waals surface area contributed by atoms with Crippen LogP contribution in [0.1, 0.15) is 36.5 Å². The molecule has 2 aromatic rings. The maximum atomic E-state index is 5.71. The molecule has 0 fully saturated rings. The van der Waals surface area contributed by atoms with Crippen molar-refractivity contribution in [2.24, 2.45) is 5.73 Å². The number of thiocarbonyl (C=S) groups is 1. The van der Waals surface area contributed by atoms with Gasteiger partial charge in [0.2, 0.25) is 0 Å². The molecular weight excluding hydrogens is 256 g/mol. The minimum atomic E-state index is 0.382. The maximum Gasteiger partial charge on any atom is 0.154 e. The van der Waals surface area contributed by atoms with Crippen LogP contribution >= 0.6 is 12.2 Å². The molecule has 0 radical (unpaired) electrons. The lowest BCUT2D eigenvalue weighted by atomic mass is 10.2. The van der Waals surface area contributed by atoms with Crippen LogP contribution < -0.4 is 5.73 Å². The Morgan fingerprint density at radius 2 is 2.00 bits per heavy atom. The Hall–Kier alpha value is -1.75. The van der Waals surface area contributed by atoms with Gasteiger partial charge in [0.1, 0.15) is 4.99 Å². The fourth-order valence-corrected chi connectivity index (χ4v) is 2.12. The molecule has 2 rings (SSSR count). The zero-order chi connectivity index (χ0) is 14.0. The summed E-state index contributed by atoms with van der Waals surface area (Å²) >= 11 is 5.04. The molecule has 0 unspecified atom stereocenters. The van der Waals surface area contributed by atoms with Gasteiger partial charge in [0.05, 0.1) is 5.69 Å². The Bertz CT molecular complexity index is 616. The number of nitrogens with zero attached hydrogens (tertiary/aromatic N) is 3. The SMILES string of the molecule is CCc1cc(CC)n(-c2cc(C(N)=S)cc(C)n2)n1. The van der Waals surface area contributed by atoms with Gasteiger partial charge in [0.25, 0.3) is 0 Å². The summed E-state index contributed by atoms with van der Waals surface area (Å²) in [5.74, 6) is 0.777. The van der Waals surface area contributed by atoms with E-state index in [-0.39, 0.29) is 0 Å². The van der Waals surface area contributed by atoms with Crippen LogP contribution in [0.5, 0.6) is 0 Å². The van der Waals surface area contributed by atoms with Gasteiger partial charge < -0.3 is 5.73 Å². The van der Waals surface area contributed by atoms with Gasteiger partial charge in [-0.05, 0) is 38.0 Å². The molecule has 0 saturated heterocycles. The molecule has 0 bridgehead atoms. The smallest absolute Gasteiger partial charge is 0.154 e. The van der Waals surface area contributed by atoms with Crippen LogP contribution in [0.2, 0.25) is 0 Å². The number of pyridine rings is 1. The van der Waals surface area contributed by atoms with Crippen molar-refractivity contribution in [1.29, 1.82) is 0 Å². The number of hydrogen-bond acceptors (Lipinski definition) is 3. The standard InChI is InChI=1S/C14H18N4S/c1-4-11-8-12(5-2)18(17-11)13-7-10(14(15)19)6-9(3)16-13/h6-8H,4-5H2,1-3H3,(H2,15,19). The molecule has 100 valence electrons. The molecule has 0 aromatic carbocycles. The van der Waals surface area contributed by atoms with E-state index in [0.29, 0.717) is 4.99 Å². The first-order chi connectivity index (χ1) is 9.05. The first kappa shape index (κ1) is 13.7. The zero-order valence-corrected chi connectivity index (χ0v) is 12.3. The Labute approximate surface area is 118 Å². The van der Waals surface area contributed by atoms with Crippen LogP contribution in [-0.2, 0) is 12.8 Å². The fourth-order valence-electron chi connectivity index (χ4n) is 2.00. The van der Waals surface area contributed by atoms with Crippen LogP contribution in [-0.4, -0.2) is 19.8 Å². The van der Waals surface area contributed by atoms with E-state index in [1.165, 1.54) is 0 Å². The first-order valence-electron chi connectivity index (χ1n) is 6.41. The number of nitrogens with two attached hydrogens (primary N) is 1. The van der Waals surface area contributed by atoms with Gasteiger partial charge >= 0.3 is 0 Å². The average molecular weight is 274 g/mol. The summed E-state index contributed by atoms with van der Waals surface area (Å²) in [4.78, 5) is 4.91. The van der Waals surface area contributed by atoms with Crippen LogP contribution in [0.25, 0.3) is 5.82 Å². The average Bonchev–Trinajstić information content (AvgIpc) is 2.81. The lowest BCUT2D eigenvalue weighted by Gasteiger charge is -2.08. The molecule has 19 heavy (non-hydrogen) atoms. The molecule has 0 amide bonds. The lowest BCUT2D eigenvalue weighted by molar-refractivity contribution is 0.769. The third-order valence-corrected chi connectivity index (χ3v) is 3.24. The summed E-state index contributed by atoms with van der Waals surface area (Å²) in [7, 11) is 0. The van der Waals surface area contributed by atoms with Crippen molar-refractivity contribution in [2.75, 3.05) is 0 Å². The second-order valence-corrected chi connectivity index (χ2v) is 4.91. The third-order valence-electron chi connectivity index (χ3n) is 3.00. The van der Waals surface area contributed by atoms with Crippen molar-refractivity contribution < 1.29 is 0 Å². The second kappa shape index (κ2) is 5.48. The molecule has 4 nitrogen and oxygen atoms in total. The second-order valence-electron chi connectivity index (χ2n) is 4.47. The van der Waals surface area contributed by atoms with Gasteiger partial charge in [-0.3, -0.25) is 0 Å². The molecule has 0 saturated carbocycles. The van der Waals surface area contributed by atoms with E-state index in [0.717, 1.165) is 41.3 Å². The van der Waals surface area contributed by atoms with E-state index >= 15 is 0 Å². The van der Waals surface area contributed by atoms with Gasteiger partial charge in [0.15, 0.2) is 5.82 Å². The van der Waals surface area contributed by atoms with Crippen LogP contribution in [0.15, 0.2) is 18.2 Å². The van der Waals surface area contributed by atoms with Gasteiger partial charge in [-0.1, -0.05) is 26.1 Å². The van der Waals surface area contributed by atoms with Gasteiger partial charge in [-0.25, -0.2) is 9.67 Å². The number of aromatic nitrogens is 3. The summed E-state index contributed by atoms with van der Waals surface area (Å²) < 4.78 is 1.88. The highest BCUT2D eigenvalue weighted by molar-refractivity contribution is 7.80. The van der Waals surface area contributed by atoms with E-state index in [4.69, 9.17) is 18.0 Å². The van der Waals surface area contributed by atoms with Crippen LogP contribution in [0.4, 0.5) is 0 Å². The summed E-state index contributed by atoms with van der Waals surface area (Å²) in [6, 6.07) is 5.90. The fraction of sp³-hybridized carbons (Fsp3) is 0.357. The molecule has 5 heteroatoms. The highest BCUT2D eigenvalue weighted by atomic mass is 32.1. The predicted molar refractivity (Wildman–Crippen MR) is 80.7 cm³/mol. The third kappa shape index (κ3) is 2.81. The molecule has 0 aliphatic rings. The van der Waals surface area contributed by atoms with Gasteiger partial charge in [0, 0.05) is 17.0 Å². The van der Waals surface area contributed by atoms with E-state index in [1.54, 1.807) is 0 Å². The number of aryl methyl sites for hydroxylation is 3. The van der Waals surface area contributed by atoms with Crippen molar-refractivity contribution in [1.82, 2.24) is 14.8 Å². The minimum absolute atomic E-state index is 0.382. The minimum Gasteiger partial charge on any atom is -0.389 e. The molecule has 0 atom stereocenters. The summed E-state index contributed by atoms with van der Waals surface area (Å²) in [6.07, 6.45) is 1.82. The van der Waals surface area contributed by atoms with E-state index < -0.39 is 0 Å². The van der Waals surface area contributed by atoms with Crippen molar-refractivity contribution in [2.45, 2.75) is 33.6 Å². The summed E-state index contributed by atoms with van der Waals surface area (Å²) in [6.45, 7) is 6.13. The van der Waals surface area contributed by atoms with Gasteiger partial charge in [-0.2, -0.15) is 5.10 Å². The zero-order valence-electron chi connectivity index (χ0n) is 11.5. The van der Waals surface area contributed by atoms with E-state index in [2.05, 4.69) is 30.0 Å². The monoisotopic (exact) mass is 274 g/mol. The number of hydrogen-bond donors (Lipinski definition) is 1. The normalized spacial score (nSPS) is 10.7. The highest BCUT2D eigenvalue weighted by Crippen LogP contribution is 2.15. The van der Waals surface area contributed by atoms with Crippen molar-refractivity contribution in [3.63, 3.8) is 0 Å². The molecule has 2 N–H and O–H groups in total. The van der Waals surface area contributed by atoms with Crippen molar-refractivity contribution in [3.05, 3.63) is 40.8 Å². The largest absolute Gasteiger partial charge is 0.389 e. The van der Waals surface area contributed by atoms with Gasteiger partial charge in [-0.15, -0.1) is 0 Å². The predicted octanol–water partition coefficient (Wildman–Crippen LogP) is 2.33. The Morgan fingerprint density at radius 3 is 2.58 bits per heavy atom. The van der Waals surface area contributed by atoms with Crippen molar-refractivity contribution in [3.8, 4) is 5.82 Å². The Kier molecular flexibility index (Phi) is 3.95. The topological polar surface area (TPSA) is 56.7 Å². The Morgan fingerprint density at radius 1 is 1.26 bits per heavy atom. The molecule has 0 spiro atoms. The molecule has 2 aromatic heterocycles. The van der Waals surface area contributed by atoms with Crippen molar-refractivity contribution >= 4 is 17.2 Å². The lowest BCUT2D eigenvalue weighted by Crippen LogP contribution is -2.12. The molecule has 0 aliphatic carbocycles. The Balaban J connectivity index is 2.57. The number of rotatable bonds is 4. The molecular formula is C14H18N4S. The van der Waals surface area contributed by atoms with Crippen LogP contribution in [0, 0.1) is 6.92 Å². The maximum absolute atomic E-state index is 5.71. The molecule has 2 heterocycles. The van der Waals surface area contributed by atoms with E-state index in [1.807, 2.05) is 23.7 Å². The van der Waals surface area contributed by atoms with E-state index in [9.17, 15) is 0 Å². The van der Waals surface area contributed by atoms with Crippen LogP contribution in [0.3, 0.4) is 0 Å².